The highest BCUT2D eigenvalue weighted by atomic mass is 35.5. The first-order valence-electron chi connectivity index (χ1n) is 5.63. The molecule has 0 aromatic carbocycles. The summed E-state index contributed by atoms with van der Waals surface area (Å²) >= 11 is 0. The van der Waals surface area contributed by atoms with E-state index in [0.29, 0.717) is 11.6 Å². The molecule has 2 rings (SSSR count). The minimum Gasteiger partial charge on any atom is -0.333 e. The van der Waals surface area contributed by atoms with Gasteiger partial charge in [0.15, 0.2) is 0 Å². The number of nitrogens with one attached hydrogen (secondary N) is 1. The van der Waals surface area contributed by atoms with Crippen molar-refractivity contribution >= 4 is 30.7 Å². The minimum absolute atomic E-state index is 0. The van der Waals surface area contributed by atoms with Gasteiger partial charge in [-0.15, -0.1) is 24.8 Å². The average molecular weight is 292 g/mol. The molecule has 1 amide bonds. The quantitative estimate of drug-likeness (QED) is 0.857. The van der Waals surface area contributed by atoms with Crippen LogP contribution in [0.2, 0.25) is 0 Å². The Morgan fingerprint density at radius 3 is 2.78 bits per heavy atom. The molecule has 2 unspecified atom stereocenters. The zero-order valence-corrected chi connectivity index (χ0v) is 12.1. The maximum absolute atomic E-state index is 12.2. The fraction of sp³-hybridized carbons (Fsp3) is 0.500. The predicted octanol–water partition coefficient (Wildman–Crippen LogP) is 1.75. The van der Waals surface area contributed by atoms with Crippen LogP contribution in [0.4, 0.5) is 0 Å². The van der Waals surface area contributed by atoms with Crippen LogP contribution in [-0.4, -0.2) is 41.0 Å². The molecule has 0 spiro atoms. The Bertz CT molecular complexity index is 375. The maximum Gasteiger partial charge on any atom is 0.255 e. The highest BCUT2D eigenvalue weighted by Gasteiger charge is 2.27. The third-order valence-electron chi connectivity index (χ3n) is 2.93. The number of nitrogens with zero attached hydrogens (tertiary/aromatic N) is 2. The van der Waals surface area contributed by atoms with Crippen LogP contribution in [0.25, 0.3) is 0 Å². The highest BCUT2D eigenvalue weighted by molar-refractivity contribution is 5.94. The highest BCUT2D eigenvalue weighted by Crippen LogP contribution is 2.11. The summed E-state index contributed by atoms with van der Waals surface area (Å²) in [6.07, 6.45) is 3.31. The number of pyridine rings is 1. The molecule has 0 bridgehead atoms. The van der Waals surface area contributed by atoms with Gasteiger partial charge in [0, 0.05) is 37.6 Å². The van der Waals surface area contributed by atoms with E-state index in [2.05, 4.69) is 24.1 Å². The Balaban J connectivity index is 0.00000144. The van der Waals surface area contributed by atoms with E-state index in [-0.39, 0.29) is 36.8 Å². The number of amides is 1. The molecular formula is C12H19Cl2N3O. The largest absolute Gasteiger partial charge is 0.333 e. The van der Waals surface area contributed by atoms with Crippen LogP contribution in [0.15, 0.2) is 24.5 Å². The Morgan fingerprint density at radius 2 is 2.17 bits per heavy atom. The lowest BCUT2D eigenvalue weighted by molar-refractivity contribution is 0.0616. The topological polar surface area (TPSA) is 45.2 Å². The van der Waals surface area contributed by atoms with Gasteiger partial charge in [-0.25, -0.2) is 0 Å². The van der Waals surface area contributed by atoms with Gasteiger partial charge in [0.05, 0.1) is 5.56 Å². The molecule has 1 aromatic rings. The van der Waals surface area contributed by atoms with Crippen molar-refractivity contribution in [2.75, 3.05) is 13.1 Å². The van der Waals surface area contributed by atoms with E-state index in [1.807, 2.05) is 11.0 Å². The molecule has 1 N–H and O–H groups in total. The first-order valence-corrected chi connectivity index (χ1v) is 5.63. The molecule has 1 aliphatic rings. The number of hydrogen-bond donors (Lipinski definition) is 1. The molecule has 102 valence electrons. The van der Waals surface area contributed by atoms with Gasteiger partial charge in [-0.2, -0.15) is 0 Å². The Hall–Kier alpha value is -0.840. The van der Waals surface area contributed by atoms with E-state index in [4.69, 9.17) is 0 Å². The first kappa shape index (κ1) is 17.2. The number of aromatic nitrogens is 1. The van der Waals surface area contributed by atoms with Gasteiger partial charge < -0.3 is 10.2 Å². The number of rotatable bonds is 1. The summed E-state index contributed by atoms with van der Waals surface area (Å²) in [5, 5.41) is 3.36. The number of hydrogen-bond acceptors (Lipinski definition) is 3. The summed E-state index contributed by atoms with van der Waals surface area (Å²) in [7, 11) is 0. The van der Waals surface area contributed by atoms with Crippen LogP contribution in [-0.2, 0) is 0 Å². The van der Waals surface area contributed by atoms with Crippen molar-refractivity contribution < 1.29 is 4.79 Å². The summed E-state index contributed by atoms with van der Waals surface area (Å²) in [5.74, 6) is 0.0777. The maximum atomic E-state index is 12.2. The van der Waals surface area contributed by atoms with E-state index in [9.17, 15) is 4.79 Å². The Morgan fingerprint density at radius 1 is 1.44 bits per heavy atom. The first-order chi connectivity index (χ1) is 7.68. The zero-order chi connectivity index (χ0) is 11.5. The van der Waals surface area contributed by atoms with E-state index in [1.54, 1.807) is 18.5 Å². The number of piperazine rings is 1. The summed E-state index contributed by atoms with van der Waals surface area (Å²) < 4.78 is 0. The van der Waals surface area contributed by atoms with Gasteiger partial charge in [-0.05, 0) is 26.0 Å². The lowest BCUT2D eigenvalue weighted by atomic mass is 10.1. The van der Waals surface area contributed by atoms with Crippen molar-refractivity contribution in [3.63, 3.8) is 0 Å². The smallest absolute Gasteiger partial charge is 0.255 e. The predicted molar refractivity (Wildman–Crippen MR) is 76.7 cm³/mol. The normalized spacial score (nSPS) is 22.7. The van der Waals surface area contributed by atoms with Crippen molar-refractivity contribution in [3.8, 4) is 0 Å². The molecule has 18 heavy (non-hydrogen) atoms. The summed E-state index contributed by atoms with van der Waals surface area (Å²) in [4.78, 5) is 18.1. The van der Waals surface area contributed by atoms with E-state index >= 15 is 0 Å². The lowest BCUT2D eigenvalue weighted by Gasteiger charge is -2.37. The molecule has 1 aromatic heterocycles. The van der Waals surface area contributed by atoms with Crippen molar-refractivity contribution in [3.05, 3.63) is 30.1 Å². The minimum atomic E-state index is 0. The second-order valence-corrected chi connectivity index (χ2v) is 4.36. The molecule has 1 fully saturated rings. The standard InChI is InChI=1S/C12H17N3O.2ClH/c1-9-8-15(10(2)6-14-9)12(16)11-4-3-5-13-7-11;;/h3-5,7,9-10,14H,6,8H2,1-2H3;2*1H. The van der Waals surface area contributed by atoms with Crippen molar-refractivity contribution in [1.29, 1.82) is 0 Å². The fourth-order valence-electron chi connectivity index (χ4n) is 1.96. The van der Waals surface area contributed by atoms with Gasteiger partial charge in [-0.1, -0.05) is 0 Å². The molecule has 1 aliphatic heterocycles. The zero-order valence-electron chi connectivity index (χ0n) is 10.5. The summed E-state index contributed by atoms with van der Waals surface area (Å²) in [6, 6.07) is 4.21. The van der Waals surface area contributed by atoms with Crippen LogP contribution in [0.1, 0.15) is 24.2 Å². The van der Waals surface area contributed by atoms with Gasteiger partial charge in [0.2, 0.25) is 0 Å². The third-order valence-corrected chi connectivity index (χ3v) is 2.93. The van der Waals surface area contributed by atoms with Gasteiger partial charge in [0.1, 0.15) is 0 Å². The van der Waals surface area contributed by atoms with Gasteiger partial charge >= 0.3 is 0 Å². The SMILES string of the molecule is CC1CN(C(=O)c2cccnc2)C(C)CN1.Cl.Cl. The van der Waals surface area contributed by atoms with Crippen LogP contribution < -0.4 is 5.32 Å². The van der Waals surface area contributed by atoms with Crippen LogP contribution in [0, 0.1) is 0 Å². The molecular weight excluding hydrogens is 273 g/mol. The Kier molecular flexibility index (Phi) is 7.21. The number of halogens is 2. The van der Waals surface area contributed by atoms with Gasteiger partial charge in [0.25, 0.3) is 5.91 Å². The molecule has 4 nitrogen and oxygen atoms in total. The average Bonchev–Trinajstić information content (AvgIpc) is 2.32. The van der Waals surface area contributed by atoms with Crippen molar-refractivity contribution in [2.24, 2.45) is 0 Å². The van der Waals surface area contributed by atoms with Crippen LogP contribution in [0.3, 0.4) is 0 Å². The second kappa shape index (κ2) is 7.56. The number of carbonyl (C=O) groups is 1. The van der Waals surface area contributed by atoms with Crippen molar-refractivity contribution in [1.82, 2.24) is 15.2 Å². The van der Waals surface area contributed by atoms with E-state index < -0.39 is 0 Å². The van der Waals surface area contributed by atoms with Gasteiger partial charge in [-0.3, -0.25) is 9.78 Å². The molecule has 2 atom stereocenters. The molecule has 6 heteroatoms. The molecule has 0 saturated carbocycles. The second-order valence-electron chi connectivity index (χ2n) is 4.36. The molecule has 0 radical (unpaired) electrons. The van der Waals surface area contributed by atoms with Crippen LogP contribution >= 0.6 is 24.8 Å². The Labute approximate surface area is 120 Å². The molecule has 2 heterocycles. The summed E-state index contributed by atoms with van der Waals surface area (Å²) in [5.41, 5.74) is 0.670. The lowest BCUT2D eigenvalue weighted by Crippen LogP contribution is -2.56. The van der Waals surface area contributed by atoms with Crippen LogP contribution in [0.5, 0.6) is 0 Å². The van der Waals surface area contributed by atoms with E-state index in [1.165, 1.54) is 0 Å². The summed E-state index contributed by atoms with van der Waals surface area (Å²) in [6.45, 7) is 5.77. The monoisotopic (exact) mass is 291 g/mol. The fourth-order valence-corrected chi connectivity index (χ4v) is 1.96. The molecule has 0 aliphatic carbocycles. The number of carbonyl (C=O) groups excluding carboxylic acids is 1. The van der Waals surface area contributed by atoms with Crippen molar-refractivity contribution in [2.45, 2.75) is 25.9 Å². The van der Waals surface area contributed by atoms with E-state index in [0.717, 1.165) is 13.1 Å². The third kappa shape index (κ3) is 3.83. The molecule has 1 saturated heterocycles.